The Morgan fingerprint density at radius 3 is 2.71 bits per heavy atom. The number of anilines is 1. The zero-order valence-electron chi connectivity index (χ0n) is 13.0. The van der Waals surface area contributed by atoms with E-state index in [2.05, 4.69) is 5.32 Å². The number of carbonyl (C=O) groups excluding carboxylic acids is 1. The first kappa shape index (κ1) is 15.6. The monoisotopic (exact) mass is 321 g/mol. The molecule has 1 aromatic heterocycles. The van der Waals surface area contributed by atoms with E-state index in [9.17, 15) is 9.59 Å². The molecule has 0 amide bonds. The number of ketones is 1. The summed E-state index contributed by atoms with van der Waals surface area (Å²) in [6.45, 7) is 0. The standard InChI is InChI=1S/C19H15NO4/c1-23-18-9-5-3-7-15(18)20-11-10-16(21)14-12-13-6-2-4-8-17(13)24-19(14)22/h2-12,20H,1H3/b11-10+. The summed E-state index contributed by atoms with van der Waals surface area (Å²) in [6.07, 6.45) is 2.75. The van der Waals surface area contributed by atoms with E-state index in [0.29, 0.717) is 16.7 Å². The van der Waals surface area contributed by atoms with Gasteiger partial charge in [-0.2, -0.15) is 0 Å². The maximum atomic E-state index is 12.2. The first-order valence-electron chi connectivity index (χ1n) is 7.32. The summed E-state index contributed by atoms with van der Waals surface area (Å²) in [6, 6.07) is 15.9. The first-order chi connectivity index (χ1) is 11.7. The van der Waals surface area contributed by atoms with Crippen molar-refractivity contribution < 1.29 is 13.9 Å². The Labute approximate surface area is 138 Å². The number of hydrogen-bond donors (Lipinski definition) is 1. The maximum Gasteiger partial charge on any atom is 0.347 e. The molecule has 0 fully saturated rings. The lowest BCUT2D eigenvalue weighted by Gasteiger charge is -2.06. The van der Waals surface area contributed by atoms with Crippen molar-refractivity contribution in [3.63, 3.8) is 0 Å². The van der Waals surface area contributed by atoms with Crippen molar-refractivity contribution in [3.05, 3.63) is 82.9 Å². The SMILES string of the molecule is COc1ccccc1N/C=C/C(=O)c1cc2ccccc2oc1=O. The second kappa shape index (κ2) is 6.83. The summed E-state index contributed by atoms with van der Waals surface area (Å²) in [5.41, 5.74) is 0.511. The minimum absolute atomic E-state index is 0.00761. The van der Waals surface area contributed by atoms with Gasteiger partial charge in [-0.1, -0.05) is 30.3 Å². The third kappa shape index (κ3) is 3.20. The largest absolute Gasteiger partial charge is 0.495 e. The van der Waals surface area contributed by atoms with Gasteiger partial charge >= 0.3 is 5.63 Å². The molecular weight excluding hydrogens is 306 g/mol. The molecule has 0 saturated heterocycles. The van der Waals surface area contributed by atoms with Gasteiger partial charge in [-0.15, -0.1) is 0 Å². The van der Waals surface area contributed by atoms with Crippen molar-refractivity contribution in [2.24, 2.45) is 0 Å². The van der Waals surface area contributed by atoms with E-state index >= 15 is 0 Å². The minimum atomic E-state index is -0.652. The third-order valence-electron chi connectivity index (χ3n) is 3.49. The smallest absolute Gasteiger partial charge is 0.347 e. The number of allylic oxidation sites excluding steroid dienone is 1. The van der Waals surface area contributed by atoms with Crippen LogP contribution in [0.5, 0.6) is 5.75 Å². The van der Waals surface area contributed by atoms with Crippen LogP contribution in [0.4, 0.5) is 5.69 Å². The normalized spacial score (nSPS) is 10.9. The van der Waals surface area contributed by atoms with Crippen LogP contribution < -0.4 is 15.7 Å². The number of rotatable bonds is 5. The van der Waals surface area contributed by atoms with Crippen LogP contribution in [-0.4, -0.2) is 12.9 Å². The average molecular weight is 321 g/mol. The van der Waals surface area contributed by atoms with E-state index in [1.54, 1.807) is 31.4 Å². The number of para-hydroxylation sites is 3. The van der Waals surface area contributed by atoms with Crippen LogP contribution in [0.1, 0.15) is 10.4 Å². The zero-order chi connectivity index (χ0) is 16.9. The van der Waals surface area contributed by atoms with Crippen LogP contribution in [0.25, 0.3) is 11.0 Å². The summed E-state index contributed by atoms with van der Waals surface area (Å²) in [4.78, 5) is 24.2. The summed E-state index contributed by atoms with van der Waals surface area (Å²) in [5.74, 6) is 0.219. The van der Waals surface area contributed by atoms with Crippen LogP contribution in [0.15, 0.2) is 76.1 Å². The van der Waals surface area contributed by atoms with E-state index in [-0.39, 0.29) is 5.56 Å². The van der Waals surface area contributed by atoms with Gasteiger partial charge < -0.3 is 14.5 Å². The van der Waals surface area contributed by atoms with Crippen LogP contribution in [0, 0.1) is 0 Å². The number of methoxy groups -OCH3 is 1. The fourth-order valence-corrected chi connectivity index (χ4v) is 2.29. The molecule has 0 spiro atoms. The molecule has 5 nitrogen and oxygen atoms in total. The first-order valence-corrected chi connectivity index (χ1v) is 7.32. The number of benzene rings is 2. The summed E-state index contributed by atoms with van der Waals surface area (Å²) >= 11 is 0. The number of carbonyl (C=O) groups is 1. The van der Waals surface area contributed by atoms with Crippen molar-refractivity contribution in [2.75, 3.05) is 12.4 Å². The maximum absolute atomic E-state index is 12.2. The van der Waals surface area contributed by atoms with Gasteiger partial charge in [0.2, 0.25) is 0 Å². The highest BCUT2D eigenvalue weighted by atomic mass is 16.5. The van der Waals surface area contributed by atoms with Crippen molar-refractivity contribution in [2.45, 2.75) is 0 Å². The third-order valence-corrected chi connectivity index (χ3v) is 3.49. The Kier molecular flexibility index (Phi) is 4.43. The molecule has 0 aliphatic carbocycles. The number of ether oxygens (including phenoxy) is 1. The van der Waals surface area contributed by atoms with E-state index in [1.807, 2.05) is 24.3 Å². The molecule has 0 aliphatic heterocycles. The average Bonchev–Trinajstić information content (AvgIpc) is 2.61. The van der Waals surface area contributed by atoms with Gasteiger partial charge in [-0.05, 0) is 24.3 Å². The van der Waals surface area contributed by atoms with Crippen LogP contribution >= 0.6 is 0 Å². The van der Waals surface area contributed by atoms with E-state index in [4.69, 9.17) is 9.15 Å². The Balaban J connectivity index is 1.82. The van der Waals surface area contributed by atoms with Crippen LogP contribution in [-0.2, 0) is 0 Å². The number of hydrogen-bond acceptors (Lipinski definition) is 5. The van der Waals surface area contributed by atoms with Gasteiger partial charge in [0.1, 0.15) is 16.9 Å². The van der Waals surface area contributed by atoms with Gasteiger partial charge in [0.25, 0.3) is 0 Å². The Bertz CT molecular complexity index is 972. The van der Waals surface area contributed by atoms with Crippen molar-refractivity contribution in [1.29, 1.82) is 0 Å². The molecule has 3 aromatic rings. The molecule has 24 heavy (non-hydrogen) atoms. The molecule has 1 N–H and O–H groups in total. The lowest BCUT2D eigenvalue weighted by atomic mass is 10.1. The highest BCUT2D eigenvalue weighted by Gasteiger charge is 2.11. The zero-order valence-corrected chi connectivity index (χ0v) is 13.0. The molecule has 0 atom stereocenters. The Morgan fingerprint density at radius 2 is 1.88 bits per heavy atom. The lowest BCUT2D eigenvalue weighted by Crippen LogP contribution is -2.12. The van der Waals surface area contributed by atoms with Gasteiger partial charge in [0.15, 0.2) is 5.78 Å². The lowest BCUT2D eigenvalue weighted by molar-refractivity contribution is 0.104. The Hall–Kier alpha value is -3.34. The molecule has 2 aromatic carbocycles. The molecule has 5 heteroatoms. The molecule has 0 bridgehead atoms. The molecule has 0 saturated carbocycles. The predicted octanol–water partition coefficient (Wildman–Crippen LogP) is 3.61. The van der Waals surface area contributed by atoms with E-state index < -0.39 is 11.4 Å². The van der Waals surface area contributed by atoms with Crippen molar-refractivity contribution in [1.82, 2.24) is 0 Å². The highest BCUT2D eigenvalue weighted by Crippen LogP contribution is 2.22. The summed E-state index contributed by atoms with van der Waals surface area (Å²) < 4.78 is 10.4. The molecule has 0 unspecified atom stereocenters. The van der Waals surface area contributed by atoms with Gasteiger partial charge in [-0.3, -0.25) is 4.79 Å². The predicted molar refractivity (Wildman–Crippen MR) is 92.6 cm³/mol. The molecule has 0 radical (unpaired) electrons. The number of nitrogens with one attached hydrogen (secondary N) is 1. The molecule has 120 valence electrons. The topological polar surface area (TPSA) is 68.5 Å². The number of fused-ring (bicyclic) bond motifs is 1. The van der Waals surface area contributed by atoms with E-state index in [1.165, 1.54) is 18.3 Å². The van der Waals surface area contributed by atoms with E-state index in [0.717, 1.165) is 5.69 Å². The second-order valence-electron chi connectivity index (χ2n) is 5.03. The molecule has 0 aliphatic rings. The van der Waals surface area contributed by atoms with Gasteiger partial charge in [0.05, 0.1) is 12.8 Å². The van der Waals surface area contributed by atoms with Crippen LogP contribution in [0.2, 0.25) is 0 Å². The molecule has 1 heterocycles. The Morgan fingerprint density at radius 1 is 1.12 bits per heavy atom. The summed E-state index contributed by atoms with van der Waals surface area (Å²) in [7, 11) is 1.57. The fourth-order valence-electron chi connectivity index (χ4n) is 2.29. The second-order valence-corrected chi connectivity index (χ2v) is 5.03. The molecular formula is C19H15NO4. The minimum Gasteiger partial charge on any atom is -0.495 e. The van der Waals surface area contributed by atoms with Gasteiger partial charge in [0, 0.05) is 17.7 Å². The van der Waals surface area contributed by atoms with Gasteiger partial charge in [-0.25, -0.2) is 4.79 Å². The van der Waals surface area contributed by atoms with Crippen molar-refractivity contribution in [3.8, 4) is 5.75 Å². The summed E-state index contributed by atoms with van der Waals surface area (Å²) in [5, 5.41) is 3.66. The quantitative estimate of drug-likeness (QED) is 0.442. The van der Waals surface area contributed by atoms with Crippen LogP contribution in [0.3, 0.4) is 0 Å². The highest BCUT2D eigenvalue weighted by molar-refractivity contribution is 6.05. The fraction of sp³-hybridized carbons (Fsp3) is 0.0526. The molecule has 3 rings (SSSR count). The van der Waals surface area contributed by atoms with Crippen molar-refractivity contribution >= 4 is 22.4 Å².